The fourth-order valence-electron chi connectivity index (χ4n) is 4.45. The zero-order valence-electron chi connectivity index (χ0n) is 21.1. The van der Waals surface area contributed by atoms with Gasteiger partial charge in [0.05, 0.1) is 25.8 Å². The summed E-state index contributed by atoms with van der Waals surface area (Å²) in [6.45, 7) is 4.69. The average molecular weight is 531 g/mol. The van der Waals surface area contributed by atoms with Crippen molar-refractivity contribution >= 4 is 23.0 Å². The zero-order chi connectivity index (χ0) is 26.7. The summed E-state index contributed by atoms with van der Waals surface area (Å²) in [6, 6.07) is 14.4. The summed E-state index contributed by atoms with van der Waals surface area (Å²) in [7, 11) is 3.14. The molecule has 0 aromatic heterocycles. The van der Waals surface area contributed by atoms with Gasteiger partial charge in [0.1, 0.15) is 12.4 Å². The predicted octanol–water partition coefficient (Wildman–Crippen LogP) is 6.71. The van der Waals surface area contributed by atoms with Crippen molar-refractivity contribution in [3.8, 4) is 17.2 Å². The summed E-state index contributed by atoms with van der Waals surface area (Å²) in [4.78, 5) is 2.01. The van der Waals surface area contributed by atoms with Gasteiger partial charge in [-0.15, -0.1) is 0 Å². The molecule has 1 aliphatic heterocycles. The first-order valence-corrected chi connectivity index (χ1v) is 12.2. The number of rotatable bonds is 6. The molecule has 1 unspecified atom stereocenters. The van der Waals surface area contributed by atoms with Gasteiger partial charge in [0.25, 0.3) is 0 Å². The quantitative estimate of drug-likeness (QED) is 0.357. The number of thiocarbonyl (C=S) groups is 1. The number of hydrogen-bond donors (Lipinski definition) is 1. The highest BCUT2D eigenvalue weighted by Gasteiger charge is 2.33. The number of alkyl halides is 3. The van der Waals surface area contributed by atoms with Gasteiger partial charge < -0.3 is 24.4 Å². The highest BCUT2D eigenvalue weighted by Crippen LogP contribution is 2.39. The lowest BCUT2D eigenvalue weighted by atomic mass is 9.92. The van der Waals surface area contributed by atoms with E-state index >= 15 is 0 Å². The molecule has 9 heteroatoms. The number of hydrogen-bond acceptors (Lipinski definition) is 4. The molecular weight excluding hydrogens is 501 g/mol. The Labute approximate surface area is 220 Å². The second-order valence-electron chi connectivity index (χ2n) is 8.95. The molecule has 37 heavy (non-hydrogen) atoms. The van der Waals surface area contributed by atoms with Crippen molar-refractivity contribution in [3.05, 3.63) is 82.4 Å². The van der Waals surface area contributed by atoms with Gasteiger partial charge in [-0.2, -0.15) is 13.2 Å². The van der Waals surface area contributed by atoms with Crippen LogP contribution in [-0.2, 0) is 12.6 Å². The SMILES string of the molecule is COc1cc2c(cc1OC)C(COc1cccc(C(F)(F)F)c1)N(C(=S)Nc1cc(C)ccc1C)CC2. The molecule has 0 amide bonds. The van der Waals surface area contributed by atoms with Crippen LogP contribution >= 0.6 is 12.2 Å². The monoisotopic (exact) mass is 530 g/mol. The molecule has 5 nitrogen and oxygen atoms in total. The number of benzene rings is 3. The van der Waals surface area contributed by atoms with Crippen LogP contribution in [0.4, 0.5) is 18.9 Å². The maximum atomic E-state index is 13.2. The minimum Gasteiger partial charge on any atom is -0.493 e. The van der Waals surface area contributed by atoms with Crippen LogP contribution in [0.5, 0.6) is 17.2 Å². The van der Waals surface area contributed by atoms with Gasteiger partial charge in [-0.25, -0.2) is 0 Å². The number of nitrogens with one attached hydrogen (secondary N) is 1. The van der Waals surface area contributed by atoms with Crippen molar-refractivity contribution < 1.29 is 27.4 Å². The highest BCUT2D eigenvalue weighted by atomic mass is 32.1. The van der Waals surface area contributed by atoms with Crippen LogP contribution in [0.25, 0.3) is 0 Å². The Balaban J connectivity index is 1.67. The summed E-state index contributed by atoms with van der Waals surface area (Å²) in [5, 5.41) is 3.86. The van der Waals surface area contributed by atoms with E-state index in [0.717, 1.165) is 40.1 Å². The number of ether oxygens (including phenoxy) is 3. The van der Waals surface area contributed by atoms with Crippen molar-refractivity contribution in [2.75, 3.05) is 32.7 Å². The summed E-state index contributed by atoms with van der Waals surface area (Å²) in [5.74, 6) is 1.31. The van der Waals surface area contributed by atoms with Crippen LogP contribution in [0.1, 0.15) is 33.9 Å². The van der Waals surface area contributed by atoms with Crippen molar-refractivity contribution in [2.45, 2.75) is 32.5 Å². The van der Waals surface area contributed by atoms with Crippen LogP contribution in [0.15, 0.2) is 54.6 Å². The topological polar surface area (TPSA) is 43.0 Å². The van der Waals surface area contributed by atoms with E-state index in [1.54, 1.807) is 14.2 Å². The molecule has 196 valence electrons. The number of halogens is 3. The molecule has 1 aliphatic rings. The largest absolute Gasteiger partial charge is 0.493 e. The Morgan fingerprint density at radius 2 is 1.76 bits per heavy atom. The van der Waals surface area contributed by atoms with Crippen LogP contribution in [0.2, 0.25) is 0 Å². The first kappa shape index (κ1) is 26.6. The first-order chi connectivity index (χ1) is 17.6. The lowest BCUT2D eigenvalue weighted by Gasteiger charge is -2.39. The maximum absolute atomic E-state index is 13.2. The summed E-state index contributed by atoms with van der Waals surface area (Å²) in [5.41, 5.74) is 4.25. The van der Waals surface area contributed by atoms with E-state index in [-0.39, 0.29) is 18.4 Å². The zero-order valence-corrected chi connectivity index (χ0v) is 21.9. The average Bonchev–Trinajstić information content (AvgIpc) is 2.88. The Kier molecular flexibility index (Phi) is 7.82. The standard InChI is InChI=1S/C28H29F3N2O3S/c1-17-8-9-18(2)23(12-17)32-27(37)33-11-10-19-13-25(34-3)26(35-4)15-22(19)24(33)16-36-21-7-5-6-20(14-21)28(29,30)31/h5-9,12-15,24H,10-11,16H2,1-4H3,(H,32,37). The molecule has 0 radical (unpaired) electrons. The summed E-state index contributed by atoms with van der Waals surface area (Å²) in [6.07, 6.45) is -3.76. The lowest BCUT2D eigenvalue weighted by Crippen LogP contribution is -2.44. The molecule has 0 saturated carbocycles. The lowest BCUT2D eigenvalue weighted by molar-refractivity contribution is -0.137. The van der Waals surface area contributed by atoms with Gasteiger partial charge in [-0.3, -0.25) is 0 Å². The number of nitrogens with zero attached hydrogens (tertiary/aromatic N) is 1. The van der Waals surface area contributed by atoms with E-state index < -0.39 is 11.7 Å². The maximum Gasteiger partial charge on any atom is 0.416 e. The van der Waals surface area contributed by atoms with Gasteiger partial charge in [0.15, 0.2) is 16.6 Å². The summed E-state index contributed by atoms with van der Waals surface area (Å²) >= 11 is 5.83. The second-order valence-corrected chi connectivity index (χ2v) is 9.34. The number of anilines is 1. The van der Waals surface area contributed by atoms with Gasteiger partial charge >= 0.3 is 6.18 Å². The number of methoxy groups -OCH3 is 2. The van der Waals surface area contributed by atoms with E-state index in [2.05, 4.69) is 5.32 Å². The molecule has 0 spiro atoms. The summed E-state index contributed by atoms with van der Waals surface area (Å²) < 4.78 is 56.7. The molecule has 1 heterocycles. The minimum absolute atomic E-state index is 0.0818. The number of aryl methyl sites for hydroxylation is 2. The molecular formula is C28H29F3N2O3S. The number of fused-ring (bicyclic) bond motifs is 1. The molecule has 0 fully saturated rings. The van der Waals surface area contributed by atoms with E-state index in [1.165, 1.54) is 12.1 Å². The van der Waals surface area contributed by atoms with Gasteiger partial charge in [0.2, 0.25) is 0 Å². The molecule has 3 aromatic rings. The fraction of sp³-hybridized carbons (Fsp3) is 0.321. The third-order valence-electron chi connectivity index (χ3n) is 6.47. The van der Waals surface area contributed by atoms with Crippen molar-refractivity contribution in [1.82, 2.24) is 4.90 Å². The first-order valence-electron chi connectivity index (χ1n) is 11.8. The molecule has 1 atom stereocenters. The third-order valence-corrected chi connectivity index (χ3v) is 6.80. The van der Waals surface area contributed by atoms with E-state index in [1.807, 2.05) is 49.1 Å². The van der Waals surface area contributed by atoms with Crippen LogP contribution in [-0.4, -0.2) is 37.4 Å². The minimum atomic E-state index is -4.45. The highest BCUT2D eigenvalue weighted by molar-refractivity contribution is 7.80. The second kappa shape index (κ2) is 10.9. The van der Waals surface area contributed by atoms with E-state index in [0.29, 0.717) is 29.6 Å². The fourth-order valence-corrected chi connectivity index (χ4v) is 4.77. The molecule has 0 bridgehead atoms. The predicted molar refractivity (Wildman–Crippen MR) is 142 cm³/mol. The third kappa shape index (κ3) is 5.93. The Bertz CT molecular complexity index is 1300. The Morgan fingerprint density at radius 3 is 2.46 bits per heavy atom. The van der Waals surface area contributed by atoms with Crippen LogP contribution in [0.3, 0.4) is 0 Å². The molecule has 3 aromatic carbocycles. The van der Waals surface area contributed by atoms with E-state index in [4.69, 9.17) is 26.4 Å². The molecule has 1 N–H and O–H groups in total. The van der Waals surface area contributed by atoms with Crippen molar-refractivity contribution in [1.29, 1.82) is 0 Å². The van der Waals surface area contributed by atoms with Crippen LogP contribution in [0, 0.1) is 13.8 Å². The molecule has 4 rings (SSSR count). The smallest absolute Gasteiger partial charge is 0.416 e. The van der Waals surface area contributed by atoms with Gasteiger partial charge in [-0.05, 0) is 91.1 Å². The van der Waals surface area contributed by atoms with Crippen molar-refractivity contribution in [2.24, 2.45) is 0 Å². The Hall–Kier alpha value is -3.46. The van der Waals surface area contributed by atoms with Crippen molar-refractivity contribution in [3.63, 3.8) is 0 Å². The van der Waals surface area contributed by atoms with E-state index in [9.17, 15) is 13.2 Å². The van der Waals surface area contributed by atoms with Gasteiger partial charge in [-0.1, -0.05) is 18.2 Å². The van der Waals surface area contributed by atoms with Crippen LogP contribution < -0.4 is 19.5 Å². The molecule has 0 saturated heterocycles. The normalized spacial score (nSPS) is 15.1. The molecule has 0 aliphatic carbocycles. The van der Waals surface area contributed by atoms with Gasteiger partial charge in [0, 0.05) is 12.2 Å². The Morgan fingerprint density at radius 1 is 1.03 bits per heavy atom.